The molecule has 2 atom stereocenters. The number of aliphatic carboxylic acids is 1. The largest absolute Gasteiger partial charge is 0.481 e. The zero-order chi connectivity index (χ0) is 17.2. The Morgan fingerprint density at radius 1 is 1.43 bits per heavy atom. The number of carbonyl (C=O) groups is 2. The Morgan fingerprint density at radius 2 is 2.13 bits per heavy atom. The van der Waals surface area contributed by atoms with Gasteiger partial charge >= 0.3 is 18.2 Å². The monoisotopic (exact) mass is 334 g/mol. The summed E-state index contributed by atoms with van der Waals surface area (Å²) < 4.78 is 43.6. The number of carbonyl (C=O) groups excluding carboxylic acids is 1. The second-order valence-corrected chi connectivity index (χ2v) is 4.87. The van der Waals surface area contributed by atoms with E-state index in [9.17, 15) is 22.8 Å². The Morgan fingerprint density at radius 3 is 2.65 bits per heavy atom. The number of nitrogens with zero attached hydrogens (tertiary/aromatic N) is 3. The molecule has 1 aromatic rings. The molecule has 8 nitrogen and oxygen atoms in total. The molecule has 0 bridgehead atoms. The molecule has 11 heteroatoms. The van der Waals surface area contributed by atoms with E-state index in [0.717, 1.165) is 4.90 Å². The Balaban J connectivity index is 2.13. The molecular weight excluding hydrogens is 321 g/mol. The first-order valence-corrected chi connectivity index (χ1v) is 6.43. The number of ether oxygens (including phenoxy) is 1. The molecule has 0 aliphatic carbocycles. The maximum Gasteiger partial charge on any atom is 0.394 e. The Bertz CT molecular complexity index is 610. The molecular formula is C12H13F3N4O4. The number of nitrogens with one attached hydrogen (secondary N) is 1. The van der Waals surface area contributed by atoms with Crippen LogP contribution in [0.4, 0.5) is 23.7 Å². The van der Waals surface area contributed by atoms with E-state index in [1.807, 2.05) is 0 Å². The van der Waals surface area contributed by atoms with Crippen LogP contribution < -0.4 is 10.1 Å². The molecule has 2 heterocycles. The second-order valence-electron chi connectivity index (χ2n) is 4.87. The molecule has 2 rings (SSSR count). The minimum Gasteiger partial charge on any atom is -0.481 e. The van der Waals surface area contributed by atoms with Gasteiger partial charge in [-0.15, -0.1) is 0 Å². The SMILES string of the molecule is COc1ncncc1NC(=O)N1C[C@@H](C(F)(F)F)[C@H](C(=O)O)C1. The molecule has 0 aromatic carbocycles. The summed E-state index contributed by atoms with van der Waals surface area (Å²) in [6, 6.07) is -0.879. The summed E-state index contributed by atoms with van der Waals surface area (Å²) in [6.45, 7) is -1.27. The average molecular weight is 334 g/mol. The van der Waals surface area contributed by atoms with E-state index < -0.39 is 43.1 Å². The molecule has 0 saturated carbocycles. The van der Waals surface area contributed by atoms with E-state index in [2.05, 4.69) is 15.3 Å². The summed E-state index contributed by atoms with van der Waals surface area (Å²) in [4.78, 5) is 31.3. The molecule has 1 aliphatic rings. The minimum atomic E-state index is -4.70. The third kappa shape index (κ3) is 3.60. The second kappa shape index (κ2) is 6.26. The number of urea groups is 1. The number of rotatable bonds is 3. The molecule has 2 N–H and O–H groups in total. The van der Waals surface area contributed by atoms with Crippen molar-refractivity contribution in [2.45, 2.75) is 6.18 Å². The van der Waals surface area contributed by atoms with Gasteiger partial charge in [0, 0.05) is 13.1 Å². The maximum atomic E-state index is 12.9. The molecule has 1 aromatic heterocycles. The van der Waals surface area contributed by atoms with Gasteiger partial charge in [0.15, 0.2) is 0 Å². The molecule has 2 amide bonds. The van der Waals surface area contributed by atoms with Crippen molar-refractivity contribution in [2.75, 3.05) is 25.5 Å². The number of methoxy groups -OCH3 is 1. The topological polar surface area (TPSA) is 105 Å². The van der Waals surface area contributed by atoms with Crippen LogP contribution in [0.2, 0.25) is 0 Å². The Labute approximate surface area is 128 Å². The van der Waals surface area contributed by atoms with Crippen molar-refractivity contribution in [3.8, 4) is 5.88 Å². The molecule has 0 spiro atoms. The van der Waals surface area contributed by atoms with Gasteiger partial charge in [0.2, 0.25) is 5.88 Å². The van der Waals surface area contributed by atoms with Crippen LogP contribution in [0.25, 0.3) is 0 Å². The molecule has 0 unspecified atom stereocenters. The summed E-state index contributed by atoms with van der Waals surface area (Å²) in [5.41, 5.74) is 0.0716. The fraction of sp³-hybridized carbons (Fsp3) is 0.500. The molecule has 23 heavy (non-hydrogen) atoms. The van der Waals surface area contributed by atoms with E-state index in [0.29, 0.717) is 0 Å². The van der Waals surface area contributed by atoms with Crippen molar-refractivity contribution in [1.29, 1.82) is 0 Å². The van der Waals surface area contributed by atoms with Crippen LogP contribution in [0.5, 0.6) is 5.88 Å². The van der Waals surface area contributed by atoms with Gasteiger partial charge in [0.25, 0.3) is 0 Å². The number of likely N-dealkylation sites (tertiary alicyclic amines) is 1. The van der Waals surface area contributed by atoms with Crippen LogP contribution in [-0.4, -0.2) is 58.4 Å². The van der Waals surface area contributed by atoms with Gasteiger partial charge in [0.05, 0.1) is 25.1 Å². The highest BCUT2D eigenvalue weighted by atomic mass is 19.4. The van der Waals surface area contributed by atoms with Gasteiger partial charge in [-0.25, -0.2) is 9.78 Å². The maximum absolute atomic E-state index is 12.9. The lowest BCUT2D eigenvalue weighted by molar-refractivity contribution is -0.187. The van der Waals surface area contributed by atoms with Crippen molar-refractivity contribution in [3.63, 3.8) is 0 Å². The van der Waals surface area contributed by atoms with Crippen molar-refractivity contribution < 1.29 is 32.6 Å². The highest BCUT2D eigenvalue weighted by Gasteiger charge is 2.53. The van der Waals surface area contributed by atoms with Crippen molar-refractivity contribution >= 4 is 17.7 Å². The molecule has 1 aliphatic heterocycles. The number of aromatic nitrogens is 2. The quantitative estimate of drug-likeness (QED) is 0.861. The van der Waals surface area contributed by atoms with Crippen molar-refractivity contribution in [1.82, 2.24) is 14.9 Å². The summed E-state index contributed by atoms with van der Waals surface area (Å²) in [5, 5.41) is 11.2. The summed E-state index contributed by atoms with van der Waals surface area (Å²) in [7, 11) is 1.30. The van der Waals surface area contributed by atoms with Gasteiger partial charge in [-0.1, -0.05) is 0 Å². The van der Waals surface area contributed by atoms with E-state index in [-0.39, 0.29) is 11.6 Å². The van der Waals surface area contributed by atoms with E-state index >= 15 is 0 Å². The van der Waals surface area contributed by atoms with E-state index in [1.54, 1.807) is 0 Å². The van der Waals surface area contributed by atoms with Crippen LogP contribution in [0, 0.1) is 11.8 Å². The number of halogens is 3. The molecule has 1 saturated heterocycles. The van der Waals surface area contributed by atoms with Gasteiger partial charge < -0.3 is 20.1 Å². The number of alkyl halides is 3. The number of hydrogen-bond donors (Lipinski definition) is 2. The number of anilines is 1. The third-order valence-corrected chi connectivity index (χ3v) is 3.46. The van der Waals surface area contributed by atoms with Crippen LogP contribution in [0.3, 0.4) is 0 Å². The average Bonchev–Trinajstić information content (AvgIpc) is 2.93. The van der Waals surface area contributed by atoms with Gasteiger partial charge in [-0.05, 0) is 0 Å². The number of amides is 2. The number of hydrogen-bond acceptors (Lipinski definition) is 5. The summed E-state index contributed by atoms with van der Waals surface area (Å²) >= 11 is 0. The summed E-state index contributed by atoms with van der Waals surface area (Å²) in [6.07, 6.45) is -2.31. The van der Waals surface area contributed by atoms with Crippen LogP contribution in [-0.2, 0) is 4.79 Å². The minimum absolute atomic E-state index is 0.0368. The van der Waals surface area contributed by atoms with Gasteiger partial charge in [-0.2, -0.15) is 18.2 Å². The Kier molecular flexibility index (Phi) is 4.57. The fourth-order valence-electron chi connectivity index (χ4n) is 2.31. The van der Waals surface area contributed by atoms with Crippen molar-refractivity contribution in [2.24, 2.45) is 11.8 Å². The van der Waals surface area contributed by atoms with E-state index in [1.165, 1.54) is 19.6 Å². The van der Waals surface area contributed by atoms with Crippen LogP contribution in [0.15, 0.2) is 12.5 Å². The zero-order valence-corrected chi connectivity index (χ0v) is 11.9. The van der Waals surface area contributed by atoms with Crippen LogP contribution >= 0.6 is 0 Å². The lowest BCUT2D eigenvalue weighted by Crippen LogP contribution is -2.35. The lowest BCUT2D eigenvalue weighted by atomic mass is 9.96. The smallest absolute Gasteiger partial charge is 0.394 e. The fourth-order valence-corrected chi connectivity index (χ4v) is 2.31. The number of carboxylic acid groups (broad SMARTS) is 1. The number of carboxylic acids is 1. The first-order chi connectivity index (χ1) is 10.7. The highest BCUT2D eigenvalue weighted by molar-refractivity contribution is 5.91. The predicted octanol–water partition coefficient (Wildman–Crippen LogP) is 1.21. The highest BCUT2D eigenvalue weighted by Crippen LogP contribution is 2.38. The standard InChI is InChI=1S/C12H13F3N4O4/c1-23-9-8(2-16-5-17-9)18-11(22)19-3-6(10(20)21)7(4-19)12(13,14)15/h2,5-7H,3-4H2,1H3,(H,18,22)(H,20,21)/t6-,7-/m1/s1. The molecule has 126 valence electrons. The predicted molar refractivity (Wildman–Crippen MR) is 69.8 cm³/mol. The third-order valence-electron chi connectivity index (χ3n) is 3.46. The zero-order valence-electron chi connectivity index (χ0n) is 11.9. The van der Waals surface area contributed by atoms with Crippen LogP contribution in [0.1, 0.15) is 0 Å². The van der Waals surface area contributed by atoms with Gasteiger partial charge in [0.1, 0.15) is 12.0 Å². The normalized spacial score (nSPS) is 21.1. The lowest BCUT2D eigenvalue weighted by Gasteiger charge is -2.19. The first-order valence-electron chi connectivity index (χ1n) is 6.43. The van der Waals surface area contributed by atoms with E-state index in [4.69, 9.17) is 9.84 Å². The van der Waals surface area contributed by atoms with Gasteiger partial charge in [-0.3, -0.25) is 4.79 Å². The summed E-state index contributed by atoms with van der Waals surface area (Å²) in [5.74, 6) is -5.37. The Hall–Kier alpha value is -2.59. The molecule has 1 fully saturated rings. The molecule has 0 radical (unpaired) electrons. The van der Waals surface area contributed by atoms with Crippen molar-refractivity contribution in [3.05, 3.63) is 12.5 Å². The first kappa shape index (κ1) is 16.8.